The van der Waals surface area contributed by atoms with E-state index in [9.17, 15) is 0 Å². The van der Waals surface area contributed by atoms with Crippen molar-refractivity contribution in [3.05, 3.63) is 41.3 Å². The van der Waals surface area contributed by atoms with E-state index in [1.54, 1.807) is 7.11 Å². The van der Waals surface area contributed by atoms with Crippen molar-refractivity contribution in [2.45, 2.75) is 47.1 Å². The number of methoxy groups -OCH3 is 1. The number of oxazole rings is 1. The van der Waals surface area contributed by atoms with E-state index in [4.69, 9.17) is 9.15 Å². The van der Waals surface area contributed by atoms with E-state index >= 15 is 0 Å². The predicted octanol–water partition coefficient (Wildman–Crippen LogP) is 1.90. The Balaban J connectivity index is 0.00000208. The molecule has 0 bridgehead atoms. The van der Waals surface area contributed by atoms with Crippen molar-refractivity contribution in [1.29, 1.82) is 0 Å². The summed E-state index contributed by atoms with van der Waals surface area (Å²) in [6.07, 6.45) is 6.74. The van der Waals surface area contributed by atoms with Crippen LogP contribution < -0.4 is 33.3 Å². The third kappa shape index (κ3) is 3.85. The van der Waals surface area contributed by atoms with Gasteiger partial charge in [-0.05, 0) is 43.7 Å². The van der Waals surface area contributed by atoms with Crippen LogP contribution in [0.2, 0.25) is 0 Å². The van der Waals surface area contributed by atoms with Gasteiger partial charge in [-0.3, -0.25) is 0 Å². The first-order chi connectivity index (χ1) is 10.9. The Bertz CT molecular complexity index is 799. The normalized spacial score (nSPS) is 18.4. The number of benzene rings is 1. The van der Waals surface area contributed by atoms with Gasteiger partial charge < -0.3 is 33.1 Å². The number of nitrogens with zero attached hydrogens (tertiary/aromatic N) is 1. The molecule has 0 atom stereocenters. The largest absolute Gasteiger partial charge is 1.00 e. The Morgan fingerprint density at radius 2 is 2.04 bits per heavy atom. The van der Waals surface area contributed by atoms with Gasteiger partial charge in [-0.2, -0.15) is 4.57 Å². The van der Waals surface area contributed by atoms with Crippen LogP contribution in [0, 0.1) is 5.41 Å². The Kier molecular flexibility index (Phi) is 5.78. The molecule has 4 heteroatoms. The van der Waals surface area contributed by atoms with Crippen LogP contribution in [0.3, 0.4) is 0 Å². The SMILES string of the molecule is CC[n+]1c(C=C2C=C(C)CC(C)(C)C2)oc2cc(OC)ccc21.[I-]. The highest BCUT2D eigenvalue weighted by atomic mass is 127. The van der Waals surface area contributed by atoms with Gasteiger partial charge >= 0.3 is 5.89 Å². The molecule has 1 aliphatic rings. The first kappa shape index (κ1) is 19.0. The van der Waals surface area contributed by atoms with Gasteiger partial charge in [-0.1, -0.05) is 25.5 Å². The Labute approximate surface area is 161 Å². The van der Waals surface area contributed by atoms with Crippen LogP contribution in [-0.4, -0.2) is 7.11 Å². The molecule has 24 heavy (non-hydrogen) atoms. The number of halogens is 1. The lowest BCUT2D eigenvalue weighted by Crippen LogP contribution is -3.00. The molecule has 2 aromatic rings. The summed E-state index contributed by atoms with van der Waals surface area (Å²) >= 11 is 0. The first-order valence-corrected chi connectivity index (χ1v) is 8.30. The smallest absolute Gasteiger partial charge is 0.374 e. The Morgan fingerprint density at radius 1 is 1.29 bits per heavy atom. The van der Waals surface area contributed by atoms with Crippen LogP contribution >= 0.6 is 0 Å². The summed E-state index contributed by atoms with van der Waals surface area (Å²) in [5.41, 5.74) is 5.07. The van der Waals surface area contributed by atoms with Crippen molar-refractivity contribution in [3.63, 3.8) is 0 Å². The molecule has 3 rings (SSSR count). The predicted molar refractivity (Wildman–Crippen MR) is 93.4 cm³/mol. The van der Waals surface area contributed by atoms with Gasteiger partial charge in [0.1, 0.15) is 12.3 Å². The van der Waals surface area contributed by atoms with E-state index in [0.717, 1.165) is 42.1 Å². The monoisotopic (exact) mass is 439 g/mol. The zero-order valence-electron chi connectivity index (χ0n) is 15.1. The molecular weight excluding hydrogens is 413 g/mol. The van der Waals surface area contributed by atoms with Crippen LogP contribution in [0.4, 0.5) is 0 Å². The summed E-state index contributed by atoms with van der Waals surface area (Å²) in [4.78, 5) is 0. The van der Waals surface area contributed by atoms with Gasteiger partial charge in [0.15, 0.2) is 0 Å². The van der Waals surface area contributed by atoms with Gasteiger partial charge in [-0.15, -0.1) is 0 Å². The van der Waals surface area contributed by atoms with Crippen molar-refractivity contribution in [1.82, 2.24) is 0 Å². The molecule has 3 nitrogen and oxygen atoms in total. The van der Waals surface area contributed by atoms with Gasteiger partial charge in [0.05, 0.1) is 13.2 Å². The van der Waals surface area contributed by atoms with Crippen molar-refractivity contribution >= 4 is 17.2 Å². The molecule has 0 radical (unpaired) electrons. The Morgan fingerprint density at radius 3 is 2.67 bits per heavy atom. The number of hydrogen-bond acceptors (Lipinski definition) is 2. The summed E-state index contributed by atoms with van der Waals surface area (Å²) in [5, 5.41) is 0. The zero-order chi connectivity index (χ0) is 16.6. The fourth-order valence-corrected chi connectivity index (χ4v) is 3.69. The lowest BCUT2D eigenvalue weighted by atomic mass is 9.75. The molecule has 1 aromatic carbocycles. The molecular formula is C20H26INO2. The van der Waals surface area contributed by atoms with E-state index in [1.807, 2.05) is 12.1 Å². The molecule has 1 aromatic heterocycles. The number of rotatable bonds is 3. The van der Waals surface area contributed by atoms with Crippen molar-refractivity contribution in [2.75, 3.05) is 7.11 Å². The second-order valence-electron chi connectivity index (χ2n) is 7.25. The maximum Gasteiger partial charge on any atom is 0.374 e. The standard InChI is InChI=1S/C20H26NO2.HI/c1-6-21-17-8-7-16(22-5)11-18(17)23-19(21)10-15-9-14(2)12-20(3,4)13-15;/h7-11H,6,12-13H2,1-5H3;1H/q+1;/p-1. The summed E-state index contributed by atoms with van der Waals surface area (Å²) in [5.74, 6) is 1.73. The molecule has 0 unspecified atom stereocenters. The van der Waals surface area contributed by atoms with Crippen molar-refractivity contribution < 1.29 is 37.7 Å². The first-order valence-electron chi connectivity index (χ1n) is 8.30. The van der Waals surface area contributed by atoms with Crippen molar-refractivity contribution in [3.8, 4) is 5.75 Å². The van der Waals surface area contributed by atoms with E-state index < -0.39 is 0 Å². The highest BCUT2D eigenvalue weighted by molar-refractivity contribution is 5.72. The average Bonchev–Trinajstić information content (AvgIpc) is 2.80. The molecule has 0 spiro atoms. The minimum absolute atomic E-state index is 0. The van der Waals surface area contributed by atoms with Gasteiger partial charge in [0.25, 0.3) is 5.52 Å². The number of fused-ring (bicyclic) bond motifs is 1. The van der Waals surface area contributed by atoms with Crippen LogP contribution in [0.15, 0.2) is 39.8 Å². The number of aryl methyl sites for hydroxylation is 1. The molecule has 0 fully saturated rings. The number of ether oxygens (including phenoxy) is 1. The van der Waals surface area contributed by atoms with Crippen LogP contribution in [0.25, 0.3) is 17.2 Å². The molecule has 0 N–H and O–H groups in total. The fraction of sp³-hybridized carbons (Fsp3) is 0.450. The quantitative estimate of drug-likeness (QED) is 0.540. The van der Waals surface area contributed by atoms with E-state index in [1.165, 1.54) is 11.1 Å². The molecule has 0 amide bonds. The second-order valence-corrected chi connectivity index (χ2v) is 7.25. The molecule has 0 saturated heterocycles. The average molecular weight is 439 g/mol. The van der Waals surface area contributed by atoms with Crippen LogP contribution in [-0.2, 0) is 6.54 Å². The third-order valence-corrected chi connectivity index (χ3v) is 4.44. The molecule has 0 aliphatic heterocycles. The summed E-state index contributed by atoms with van der Waals surface area (Å²) in [7, 11) is 1.68. The van der Waals surface area contributed by atoms with Crippen molar-refractivity contribution in [2.24, 2.45) is 5.41 Å². The summed E-state index contributed by atoms with van der Waals surface area (Å²) in [6.45, 7) is 9.90. The molecule has 130 valence electrons. The third-order valence-electron chi connectivity index (χ3n) is 4.44. The lowest BCUT2D eigenvalue weighted by molar-refractivity contribution is -0.674. The van der Waals surface area contributed by atoms with Crippen LogP contribution in [0.5, 0.6) is 5.75 Å². The van der Waals surface area contributed by atoms with Gasteiger partial charge in [-0.25, -0.2) is 0 Å². The van der Waals surface area contributed by atoms with Gasteiger partial charge in [0, 0.05) is 12.1 Å². The maximum absolute atomic E-state index is 6.12. The highest BCUT2D eigenvalue weighted by Gasteiger charge is 2.26. The lowest BCUT2D eigenvalue weighted by Gasteiger charge is -2.29. The van der Waals surface area contributed by atoms with Gasteiger partial charge in [0.2, 0.25) is 5.58 Å². The topological polar surface area (TPSA) is 26.2 Å². The van der Waals surface area contributed by atoms with E-state index in [-0.39, 0.29) is 24.0 Å². The summed E-state index contributed by atoms with van der Waals surface area (Å²) < 4.78 is 13.6. The number of allylic oxidation sites excluding steroid dienone is 3. The Hall–Kier alpha value is -1.30. The molecule has 1 heterocycles. The fourth-order valence-electron chi connectivity index (χ4n) is 3.69. The maximum atomic E-state index is 6.12. The molecule has 1 aliphatic carbocycles. The van der Waals surface area contributed by atoms with E-state index in [0.29, 0.717) is 5.41 Å². The minimum Gasteiger partial charge on any atom is -1.00 e. The van der Waals surface area contributed by atoms with Crippen LogP contribution in [0.1, 0.15) is 46.4 Å². The zero-order valence-corrected chi connectivity index (χ0v) is 17.3. The number of hydrogen-bond donors (Lipinski definition) is 0. The van der Waals surface area contributed by atoms with E-state index in [2.05, 4.69) is 50.5 Å². The second kappa shape index (κ2) is 7.30. The summed E-state index contributed by atoms with van der Waals surface area (Å²) in [6, 6.07) is 6.00. The number of aromatic nitrogens is 1. The molecule has 0 saturated carbocycles. The minimum atomic E-state index is 0. The highest BCUT2D eigenvalue weighted by Crippen LogP contribution is 2.38.